The van der Waals surface area contributed by atoms with Crippen molar-refractivity contribution in [2.24, 2.45) is 5.92 Å². The fourth-order valence-electron chi connectivity index (χ4n) is 2.99. The molecule has 0 saturated carbocycles. The van der Waals surface area contributed by atoms with Crippen molar-refractivity contribution in [3.63, 3.8) is 0 Å². The molecule has 4 nitrogen and oxygen atoms in total. The van der Waals surface area contributed by atoms with Gasteiger partial charge in [0.25, 0.3) is 5.91 Å². The molecule has 0 bridgehead atoms. The average molecular weight is 254 g/mol. The van der Waals surface area contributed by atoms with Crippen LogP contribution in [0.25, 0.3) is 0 Å². The molecule has 1 amide bonds. The van der Waals surface area contributed by atoms with Gasteiger partial charge in [-0.25, -0.2) is 0 Å². The molecule has 0 aliphatic carbocycles. The lowest BCUT2D eigenvalue weighted by molar-refractivity contribution is -0.145. The van der Waals surface area contributed by atoms with Crippen LogP contribution in [0.1, 0.15) is 39.5 Å². The molecule has 2 aliphatic heterocycles. The standard InChI is InChI=1S/C14H26N2O2/c1-3-8-16(12-5-4-7-15-10-12)14(17)13-11(2)6-9-18-13/h11-13,15H,3-10H2,1-2H3. The number of piperidine rings is 1. The molecular formula is C14H26N2O2. The maximum Gasteiger partial charge on any atom is 0.252 e. The summed E-state index contributed by atoms with van der Waals surface area (Å²) >= 11 is 0. The highest BCUT2D eigenvalue weighted by Gasteiger charge is 2.36. The highest BCUT2D eigenvalue weighted by Crippen LogP contribution is 2.24. The van der Waals surface area contributed by atoms with Crippen molar-refractivity contribution < 1.29 is 9.53 Å². The van der Waals surface area contributed by atoms with Crippen LogP contribution in [0.15, 0.2) is 0 Å². The van der Waals surface area contributed by atoms with E-state index in [9.17, 15) is 4.79 Å². The van der Waals surface area contributed by atoms with E-state index in [1.165, 1.54) is 6.42 Å². The van der Waals surface area contributed by atoms with Crippen molar-refractivity contribution in [2.75, 3.05) is 26.2 Å². The van der Waals surface area contributed by atoms with Gasteiger partial charge < -0.3 is 15.0 Å². The predicted octanol–water partition coefficient (Wildman–Crippen LogP) is 1.40. The van der Waals surface area contributed by atoms with Crippen LogP contribution >= 0.6 is 0 Å². The van der Waals surface area contributed by atoms with Gasteiger partial charge in [0.2, 0.25) is 0 Å². The molecule has 2 fully saturated rings. The summed E-state index contributed by atoms with van der Waals surface area (Å²) < 4.78 is 5.63. The number of amides is 1. The minimum absolute atomic E-state index is 0.196. The van der Waals surface area contributed by atoms with Crippen LogP contribution in [0.4, 0.5) is 0 Å². The quantitative estimate of drug-likeness (QED) is 0.824. The molecular weight excluding hydrogens is 228 g/mol. The van der Waals surface area contributed by atoms with Crippen LogP contribution in [0.3, 0.4) is 0 Å². The van der Waals surface area contributed by atoms with Gasteiger partial charge in [0, 0.05) is 25.7 Å². The molecule has 1 N–H and O–H groups in total. The third-order valence-electron chi connectivity index (χ3n) is 4.09. The summed E-state index contributed by atoms with van der Waals surface area (Å²) in [6.07, 6.45) is 4.13. The highest BCUT2D eigenvalue weighted by atomic mass is 16.5. The topological polar surface area (TPSA) is 41.6 Å². The molecule has 2 heterocycles. The normalized spacial score (nSPS) is 32.4. The first-order valence-corrected chi connectivity index (χ1v) is 7.36. The molecule has 3 unspecified atom stereocenters. The predicted molar refractivity (Wildman–Crippen MR) is 71.4 cm³/mol. The van der Waals surface area contributed by atoms with E-state index in [1.807, 2.05) is 0 Å². The summed E-state index contributed by atoms with van der Waals surface area (Å²) in [5, 5.41) is 3.40. The molecule has 0 aromatic heterocycles. The van der Waals surface area contributed by atoms with E-state index < -0.39 is 0 Å². The van der Waals surface area contributed by atoms with Crippen LogP contribution in [-0.2, 0) is 9.53 Å². The van der Waals surface area contributed by atoms with E-state index in [0.717, 1.165) is 45.5 Å². The summed E-state index contributed by atoms with van der Waals surface area (Å²) in [4.78, 5) is 14.7. The van der Waals surface area contributed by atoms with Gasteiger partial charge in [-0.1, -0.05) is 13.8 Å². The van der Waals surface area contributed by atoms with E-state index in [4.69, 9.17) is 4.74 Å². The monoisotopic (exact) mass is 254 g/mol. The number of hydrogen-bond donors (Lipinski definition) is 1. The Bertz CT molecular complexity index is 277. The number of carbonyl (C=O) groups excluding carboxylic acids is 1. The van der Waals surface area contributed by atoms with Gasteiger partial charge in [-0.15, -0.1) is 0 Å². The number of rotatable bonds is 4. The zero-order valence-electron chi connectivity index (χ0n) is 11.7. The number of carbonyl (C=O) groups is 1. The summed E-state index contributed by atoms with van der Waals surface area (Å²) in [5.41, 5.74) is 0. The average Bonchev–Trinajstić information content (AvgIpc) is 2.82. The largest absolute Gasteiger partial charge is 0.368 e. The second kappa shape index (κ2) is 6.53. The first-order chi connectivity index (χ1) is 8.74. The van der Waals surface area contributed by atoms with Gasteiger partial charge in [0.1, 0.15) is 6.10 Å². The van der Waals surface area contributed by atoms with Gasteiger partial charge in [0.15, 0.2) is 0 Å². The van der Waals surface area contributed by atoms with E-state index in [1.54, 1.807) is 0 Å². The smallest absolute Gasteiger partial charge is 0.252 e. The van der Waals surface area contributed by atoms with Crippen molar-refractivity contribution >= 4 is 5.91 Å². The van der Waals surface area contributed by atoms with Gasteiger partial charge in [-0.05, 0) is 38.1 Å². The van der Waals surface area contributed by atoms with E-state index in [-0.39, 0.29) is 12.0 Å². The zero-order valence-corrected chi connectivity index (χ0v) is 11.7. The van der Waals surface area contributed by atoms with Crippen LogP contribution in [-0.4, -0.2) is 49.2 Å². The zero-order chi connectivity index (χ0) is 13.0. The molecule has 18 heavy (non-hydrogen) atoms. The second-order valence-corrected chi connectivity index (χ2v) is 5.59. The Balaban J connectivity index is 2.01. The van der Waals surface area contributed by atoms with Crippen molar-refractivity contribution in [3.05, 3.63) is 0 Å². The Kier molecular flexibility index (Phi) is 5.01. The van der Waals surface area contributed by atoms with Crippen LogP contribution in [0, 0.1) is 5.92 Å². The fourth-order valence-corrected chi connectivity index (χ4v) is 2.99. The van der Waals surface area contributed by atoms with Gasteiger partial charge in [-0.3, -0.25) is 4.79 Å². The van der Waals surface area contributed by atoms with Crippen LogP contribution < -0.4 is 5.32 Å². The Morgan fingerprint density at radius 2 is 2.28 bits per heavy atom. The third kappa shape index (κ3) is 3.04. The number of nitrogens with zero attached hydrogens (tertiary/aromatic N) is 1. The maximum atomic E-state index is 12.6. The molecule has 0 radical (unpaired) electrons. The minimum atomic E-state index is -0.196. The molecule has 0 spiro atoms. The molecule has 0 aromatic carbocycles. The Morgan fingerprint density at radius 3 is 2.83 bits per heavy atom. The SMILES string of the molecule is CCCN(C(=O)C1OCCC1C)C1CCCNC1. The molecule has 2 aliphatic rings. The van der Waals surface area contributed by atoms with Crippen molar-refractivity contribution in [1.29, 1.82) is 0 Å². The highest BCUT2D eigenvalue weighted by molar-refractivity contribution is 5.81. The first kappa shape index (κ1) is 13.8. The molecule has 3 atom stereocenters. The lowest BCUT2D eigenvalue weighted by atomic mass is 10.00. The molecule has 104 valence electrons. The lowest BCUT2D eigenvalue weighted by Crippen LogP contribution is -2.52. The number of hydrogen-bond acceptors (Lipinski definition) is 3. The Hall–Kier alpha value is -0.610. The molecule has 0 aromatic rings. The summed E-state index contributed by atoms with van der Waals surface area (Å²) in [6.45, 7) is 7.88. The first-order valence-electron chi connectivity index (χ1n) is 7.36. The van der Waals surface area contributed by atoms with E-state index >= 15 is 0 Å². The summed E-state index contributed by atoms with van der Waals surface area (Å²) in [5.74, 6) is 0.587. The van der Waals surface area contributed by atoms with Gasteiger partial charge in [-0.2, -0.15) is 0 Å². The van der Waals surface area contributed by atoms with Crippen molar-refractivity contribution in [3.8, 4) is 0 Å². The summed E-state index contributed by atoms with van der Waals surface area (Å²) in [6, 6.07) is 0.364. The van der Waals surface area contributed by atoms with E-state index in [2.05, 4.69) is 24.1 Å². The van der Waals surface area contributed by atoms with Gasteiger partial charge in [0.05, 0.1) is 0 Å². The van der Waals surface area contributed by atoms with Crippen molar-refractivity contribution in [1.82, 2.24) is 10.2 Å². The van der Waals surface area contributed by atoms with Crippen LogP contribution in [0.2, 0.25) is 0 Å². The Labute approximate surface area is 110 Å². The van der Waals surface area contributed by atoms with Crippen molar-refractivity contribution in [2.45, 2.75) is 51.7 Å². The minimum Gasteiger partial charge on any atom is -0.368 e. The maximum absolute atomic E-state index is 12.6. The van der Waals surface area contributed by atoms with E-state index in [0.29, 0.717) is 12.0 Å². The van der Waals surface area contributed by atoms with Crippen LogP contribution in [0.5, 0.6) is 0 Å². The number of nitrogens with one attached hydrogen (secondary N) is 1. The fraction of sp³-hybridized carbons (Fsp3) is 0.929. The lowest BCUT2D eigenvalue weighted by Gasteiger charge is -2.36. The third-order valence-corrected chi connectivity index (χ3v) is 4.09. The second-order valence-electron chi connectivity index (χ2n) is 5.59. The summed E-state index contributed by atoms with van der Waals surface area (Å²) in [7, 11) is 0. The number of ether oxygens (including phenoxy) is 1. The molecule has 2 rings (SSSR count). The van der Waals surface area contributed by atoms with Gasteiger partial charge >= 0.3 is 0 Å². The molecule has 4 heteroatoms. The molecule has 2 saturated heterocycles. The Morgan fingerprint density at radius 1 is 1.44 bits per heavy atom.